The van der Waals surface area contributed by atoms with Crippen LogP contribution in [0.2, 0.25) is 0 Å². The summed E-state index contributed by atoms with van der Waals surface area (Å²) in [6.07, 6.45) is -2.52. The summed E-state index contributed by atoms with van der Waals surface area (Å²) in [6, 6.07) is 2.50. The van der Waals surface area contributed by atoms with Gasteiger partial charge in [-0.1, -0.05) is 6.92 Å². The fourth-order valence-electron chi connectivity index (χ4n) is 1.60. The molecule has 18 heavy (non-hydrogen) atoms. The van der Waals surface area contributed by atoms with Crippen molar-refractivity contribution in [2.24, 2.45) is 0 Å². The van der Waals surface area contributed by atoms with Crippen molar-refractivity contribution in [3.05, 3.63) is 23.9 Å². The van der Waals surface area contributed by atoms with Gasteiger partial charge in [0.25, 0.3) is 0 Å². The Labute approximate surface area is 105 Å². The van der Waals surface area contributed by atoms with Crippen molar-refractivity contribution in [3.63, 3.8) is 0 Å². The third-order valence-corrected chi connectivity index (χ3v) is 2.52. The average Bonchev–Trinajstić information content (AvgIpc) is 2.33. The molecule has 1 aromatic heterocycles. The van der Waals surface area contributed by atoms with Crippen LogP contribution in [0, 0.1) is 0 Å². The summed E-state index contributed by atoms with van der Waals surface area (Å²) < 4.78 is 37.2. The quantitative estimate of drug-likeness (QED) is 0.853. The molecule has 1 N–H and O–H groups in total. The van der Waals surface area contributed by atoms with Gasteiger partial charge < -0.3 is 10.2 Å². The van der Waals surface area contributed by atoms with Crippen molar-refractivity contribution in [2.75, 3.05) is 31.6 Å². The second-order valence-corrected chi connectivity index (χ2v) is 3.99. The molecule has 1 aromatic rings. The minimum Gasteiger partial charge on any atom is -0.355 e. The van der Waals surface area contributed by atoms with Crippen LogP contribution in [0.4, 0.5) is 19.0 Å². The Morgan fingerprint density at radius 2 is 2.00 bits per heavy atom. The van der Waals surface area contributed by atoms with Gasteiger partial charge in [-0.2, -0.15) is 13.2 Å². The fourth-order valence-corrected chi connectivity index (χ4v) is 1.60. The molecule has 0 aromatic carbocycles. The Bertz CT molecular complexity index is 349. The lowest BCUT2D eigenvalue weighted by atomic mass is 10.2. The first-order chi connectivity index (χ1) is 8.49. The Kier molecular flexibility index (Phi) is 5.40. The number of alkyl halides is 3. The van der Waals surface area contributed by atoms with Gasteiger partial charge in [0.1, 0.15) is 5.82 Å². The summed E-state index contributed by atoms with van der Waals surface area (Å²) in [5.74, 6) is 0.583. The van der Waals surface area contributed by atoms with Gasteiger partial charge in [0, 0.05) is 25.8 Å². The van der Waals surface area contributed by atoms with E-state index in [1.54, 1.807) is 0 Å². The number of anilines is 1. The predicted molar refractivity (Wildman–Crippen MR) is 65.7 cm³/mol. The molecule has 0 fully saturated rings. The maximum Gasteiger partial charge on any atom is 0.417 e. The minimum atomic E-state index is -4.33. The lowest BCUT2D eigenvalue weighted by Crippen LogP contribution is -2.32. The molecule has 0 aliphatic carbocycles. The summed E-state index contributed by atoms with van der Waals surface area (Å²) in [5, 5.41) is 3.01. The van der Waals surface area contributed by atoms with Gasteiger partial charge in [-0.25, -0.2) is 4.98 Å². The number of pyridine rings is 1. The zero-order valence-corrected chi connectivity index (χ0v) is 10.6. The van der Waals surface area contributed by atoms with Crippen molar-refractivity contribution in [1.82, 2.24) is 10.3 Å². The third-order valence-electron chi connectivity index (χ3n) is 2.52. The average molecular weight is 261 g/mol. The first-order valence-corrected chi connectivity index (χ1v) is 5.91. The van der Waals surface area contributed by atoms with E-state index in [-0.39, 0.29) is 0 Å². The van der Waals surface area contributed by atoms with E-state index in [9.17, 15) is 13.2 Å². The minimum absolute atomic E-state index is 0.583. The van der Waals surface area contributed by atoms with Crippen molar-refractivity contribution in [2.45, 2.75) is 19.5 Å². The first kappa shape index (κ1) is 14.8. The molecule has 0 aliphatic heterocycles. The van der Waals surface area contributed by atoms with E-state index in [1.807, 2.05) is 18.9 Å². The predicted octanol–water partition coefficient (Wildman–Crippen LogP) is 2.54. The lowest BCUT2D eigenvalue weighted by Gasteiger charge is -2.23. The maximum absolute atomic E-state index is 12.4. The normalized spacial score (nSPS) is 11.6. The molecular weight excluding hydrogens is 243 g/mol. The van der Waals surface area contributed by atoms with E-state index in [2.05, 4.69) is 10.3 Å². The number of aromatic nitrogens is 1. The van der Waals surface area contributed by atoms with Crippen LogP contribution < -0.4 is 10.2 Å². The van der Waals surface area contributed by atoms with Crippen LogP contribution in [0.5, 0.6) is 0 Å². The van der Waals surface area contributed by atoms with E-state index in [0.717, 1.165) is 38.3 Å². The van der Waals surface area contributed by atoms with Crippen LogP contribution in [-0.4, -0.2) is 31.7 Å². The van der Waals surface area contributed by atoms with E-state index in [0.29, 0.717) is 5.82 Å². The zero-order chi connectivity index (χ0) is 13.6. The Morgan fingerprint density at radius 1 is 1.28 bits per heavy atom. The zero-order valence-electron chi connectivity index (χ0n) is 10.6. The monoisotopic (exact) mass is 261 g/mol. The van der Waals surface area contributed by atoms with Crippen LogP contribution in [0.25, 0.3) is 0 Å². The highest BCUT2D eigenvalue weighted by molar-refractivity contribution is 5.39. The maximum atomic E-state index is 12.4. The third kappa shape index (κ3) is 4.18. The summed E-state index contributed by atoms with van der Waals surface area (Å²) in [6.45, 7) is 4.29. The summed E-state index contributed by atoms with van der Waals surface area (Å²) in [7, 11) is 1.84. The van der Waals surface area contributed by atoms with Crippen LogP contribution in [0.15, 0.2) is 18.3 Å². The largest absolute Gasteiger partial charge is 0.417 e. The van der Waals surface area contributed by atoms with Crippen LogP contribution in [0.1, 0.15) is 18.9 Å². The van der Waals surface area contributed by atoms with Gasteiger partial charge in [0.05, 0.1) is 5.56 Å². The second kappa shape index (κ2) is 6.58. The number of nitrogens with one attached hydrogen (secondary N) is 1. The van der Waals surface area contributed by atoms with Crippen molar-refractivity contribution < 1.29 is 13.2 Å². The number of nitrogens with zero attached hydrogens (tertiary/aromatic N) is 2. The molecular formula is C12H18F3N3. The van der Waals surface area contributed by atoms with Crippen LogP contribution in [-0.2, 0) is 6.18 Å². The van der Waals surface area contributed by atoms with Crippen molar-refractivity contribution in [3.8, 4) is 0 Å². The fraction of sp³-hybridized carbons (Fsp3) is 0.583. The lowest BCUT2D eigenvalue weighted by molar-refractivity contribution is -0.137. The second-order valence-electron chi connectivity index (χ2n) is 3.99. The highest BCUT2D eigenvalue weighted by Crippen LogP contribution is 2.29. The molecule has 3 nitrogen and oxygen atoms in total. The van der Waals surface area contributed by atoms with Crippen molar-refractivity contribution >= 4 is 5.82 Å². The molecule has 0 bridgehead atoms. The molecule has 0 saturated carbocycles. The molecule has 0 unspecified atom stereocenters. The van der Waals surface area contributed by atoms with Gasteiger partial charge in [0.2, 0.25) is 0 Å². The van der Waals surface area contributed by atoms with Gasteiger partial charge in [0.15, 0.2) is 0 Å². The first-order valence-electron chi connectivity index (χ1n) is 5.91. The van der Waals surface area contributed by atoms with E-state index in [1.165, 1.54) is 6.07 Å². The molecule has 0 aliphatic rings. The van der Waals surface area contributed by atoms with Gasteiger partial charge >= 0.3 is 6.18 Å². The molecule has 1 heterocycles. The number of rotatable bonds is 6. The number of hydrogen-bond donors (Lipinski definition) is 1. The SMILES string of the molecule is CCCN(CCNC)c1ccc(C(F)(F)F)cn1. The van der Waals surface area contributed by atoms with Gasteiger partial charge in [-0.3, -0.25) is 0 Å². The summed E-state index contributed by atoms with van der Waals surface area (Å²) in [5.41, 5.74) is -0.712. The molecule has 1 rings (SSSR count). The Morgan fingerprint density at radius 3 is 2.44 bits per heavy atom. The van der Waals surface area contributed by atoms with Gasteiger partial charge in [-0.15, -0.1) is 0 Å². The van der Waals surface area contributed by atoms with E-state index >= 15 is 0 Å². The van der Waals surface area contributed by atoms with Crippen LogP contribution in [0.3, 0.4) is 0 Å². The number of likely N-dealkylation sites (N-methyl/N-ethyl adjacent to an activating group) is 1. The summed E-state index contributed by atoms with van der Waals surface area (Å²) in [4.78, 5) is 5.86. The van der Waals surface area contributed by atoms with Gasteiger partial charge in [-0.05, 0) is 25.6 Å². The number of hydrogen-bond acceptors (Lipinski definition) is 3. The topological polar surface area (TPSA) is 28.2 Å². The standard InChI is InChI=1S/C12H18F3N3/c1-3-7-18(8-6-16-2)11-5-4-10(9-17-11)12(13,14)15/h4-5,9,16H,3,6-8H2,1-2H3. The van der Waals surface area contributed by atoms with Crippen molar-refractivity contribution in [1.29, 1.82) is 0 Å². The Balaban J connectivity index is 2.79. The Hall–Kier alpha value is -1.30. The van der Waals surface area contributed by atoms with Crippen LogP contribution >= 0.6 is 0 Å². The molecule has 0 radical (unpaired) electrons. The molecule has 6 heteroatoms. The number of halogens is 3. The highest BCUT2D eigenvalue weighted by atomic mass is 19.4. The van der Waals surface area contributed by atoms with E-state index < -0.39 is 11.7 Å². The highest BCUT2D eigenvalue weighted by Gasteiger charge is 2.30. The molecule has 0 atom stereocenters. The smallest absolute Gasteiger partial charge is 0.355 e. The molecule has 0 amide bonds. The molecule has 0 spiro atoms. The molecule has 102 valence electrons. The molecule has 0 saturated heterocycles. The summed E-state index contributed by atoms with van der Waals surface area (Å²) >= 11 is 0. The van der Waals surface area contributed by atoms with E-state index in [4.69, 9.17) is 0 Å².